The predicted octanol–water partition coefficient (Wildman–Crippen LogP) is 2.23. The third-order valence-electron chi connectivity index (χ3n) is 4.71. The molecule has 4 rings (SSSR count). The molecule has 0 radical (unpaired) electrons. The van der Waals surface area contributed by atoms with Crippen molar-refractivity contribution in [3.05, 3.63) is 53.8 Å². The lowest BCUT2D eigenvalue weighted by atomic mass is 9.98. The lowest BCUT2D eigenvalue weighted by molar-refractivity contribution is 0.0671. The number of carbonyl (C=O) groups excluding carboxylic acids is 1. The molecular formula is C18H20N4O3S2. The molecule has 7 nitrogen and oxygen atoms in total. The van der Waals surface area contributed by atoms with Crippen molar-refractivity contribution in [3.63, 3.8) is 0 Å². The maximum Gasteiger partial charge on any atom is 0.274 e. The maximum atomic E-state index is 12.8. The molecule has 142 valence electrons. The van der Waals surface area contributed by atoms with E-state index in [4.69, 9.17) is 0 Å². The molecule has 1 fully saturated rings. The summed E-state index contributed by atoms with van der Waals surface area (Å²) in [6.07, 6.45) is 5.34. The van der Waals surface area contributed by atoms with Crippen LogP contribution in [0, 0.1) is 5.92 Å². The minimum Gasteiger partial charge on any atom is -0.337 e. The van der Waals surface area contributed by atoms with Crippen LogP contribution in [0.1, 0.15) is 23.3 Å². The van der Waals surface area contributed by atoms with Crippen LogP contribution < -0.4 is 4.72 Å². The highest BCUT2D eigenvalue weighted by molar-refractivity contribution is 7.91. The van der Waals surface area contributed by atoms with Crippen molar-refractivity contribution < 1.29 is 13.2 Å². The van der Waals surface area contributed by atoms with E-state index in [2.05, 4.69) is 9.71 Å². The van der Waals surface area contributed by atoms with Gasteiger partial charge >= 0.3 is 0 Å². The third kappa shape index (κ3) is 3.90. The van der Waals surface area contributed by atoms with Gasteiger partial charge in [-0.25, -0.2) is 18.1 Å². The summed E-state index contributed by atoms with van der Waals surface area (Å²) in [6.45, 7) is 1.52. The van der Waals surface area contributed by atoms with E-state index in [9.17, 15) is 13.2 Å². The van der Waals surface area contributed by atoms with Crippen molar-refractivity contribution >= 4 is 32.9 Å². The molecule has 0 aliphatic carbocycles. The van der Waals surface area contributed by atoms with E-state index in [1.807, 2.05) is 28.8 Å². The molecule has 9 heteroatoms. The van der Waals surface area contributed by atoms with E-state index in [-0.39, 0.29) is 11.8 Å². The average Bonchev–Trinajstić information content (AvgIpc) is 3.36. The topological polar surface area (TPSA) is 83.8 Å². The summed E-state index contributed by atoms with van der Waals surface area (Å²) >= 11 is 1.20. The van der Waals surface area contributed by atoms with Crippen molar-refractivity contribution in [3.8, 4) is 0 Å². The SMILES string of the molecule is O=C(c1cn2ccccc2n1)N1CCCC(CNS(=O)(=O)c2cccs2)C1. The minimum atomic E-state index is -3.47. The highest BCUT2D eigenvalue weighted by Crippen LogP contribution is 2.20. The van der Waals surface area contributed by atoms with Gasteiger partial charge in [-0.3, -0.25) is 4.79 Å². The highest BCUT2D eigenvalue weighted by atomic mass is 32.2. The molecule has 0 saturated carbocycles. The van der Waals surface area contributed by atoms with Crippen molar-refractivity contribution in [2.45, 2.75) is 17.1 Å². The van der Waals surface area contributed by atoms with E-state index >= 15 is 0 Å². The normalized spacial score (nSPS) is 18.1. The Labute approximate surface area is 161 Å². The molecule has 0 aromatic carbocycles. The number of amides is 1. The van der Waals surface area contributed by atoms with E-state index in [1.165, 1.54) is 11.3 Å². The monoisotopic (exact) mass is 404 g/mol. The zero-order valence-corrected chi connectivity index (χ0v) is 16.2. The maximum absolute atomic E-state index is 12.8. The Morgan fingerprint density at radius 2 is 2.19 bits per heavy atom. The van der Waals surface area contributed by atoms with Crippen LogP contribution in [0.15, 0.2) is 52.3 Å². The number of sulfonamides is 1. The van der Waals surface area contributed by atoms with Crippen molar-refractivity contribution in [1.82, 2.24) is 19.0 Å². The molecule has 1 amide bonds. The molecule has 1 atom stereocenters. The lowest BCUT2D eigenvalue weighted by Gasteiger charge is -2.32. The first-order chi connectivity index (χ1) is 13.0. The molecule has 1 aliphatic rings. The summed E-state index contributed by atoms with van der Waals surface area (Å²) in [6, 6.07) is 8.93. The van der Waals surface area contributed by atoms with Gasteiger partial charge in [-0.15, -0.1) is 11.3 Å². The summed E-state index contributed by atoms with van der Waals surface area (Å²) in [5.74, 6) is -0.0148. The van der Waals surface area contributed by atoms with Gasteiger partial charge in [0.1, 0.15) is 15.6 Å². The van der Waals surface area contributed by atoms with Crippen molar-refractivity contribution in [2.75, 3.05) is 19.6 Å². The molecule has 1 unspecified atom stereocenters. The number of hydrogen-bond acceptors (Lipinski definition) is 5. The smallest absolute Gasteiger partial charge is 0.274 e. The van der Waals surface area contributed by atoms with E-state index in [0.29, 0.717) is 29.5 Å². The number of aromatic nitrogens is 2. The Kier molecular flexibility index (Phi) is 4.98. The van der Waals surface area contributed by atoms with Crippen LogP contribution in [0.25, 0.3) is 5.65 Å². The van der Waals surface area contributed by atoms with Crippen LogP contribution in [0.4, 0.5) is 0 Å². The van der Waals surface area contributed by atoms with E-state index < -0.39 is 10.0 Å². The predicted molar refractivity (Wildman–Crippen MR) is 103 cm³/mol. The molecule has 1 N–H and O–H groups in total. The molecule has 0 spiro atoms. The van der Waals surface area contributed by atoms with Gasteiger partial charge in [-0.1, -0.05) is 12.1 Å². The van der Waals surface area contributed by atoms with Gasteiger partial charge in [0.05, 0.1) is 0 Å². The number of piperidine rings is 1. The first-order valence-corrected chi connectivity index (χ1v) is 11.2. The summed E-state index contributed by atoms with van der Waals surface area (Å²) in [5, 5.41) is 1.74. The van der Waals surface area contributed by atoms with Crippen LogP contribution in [0.2, 0.25) is 0 Å². The Morgan fingerprint density at radius 1 is 1.30 bits per heavy atom. The van der Waals surface area contributed by atoms with Gasteiger partial charge in [0, 0.05) is 32.0 Å². The fraction of sp³-hybridized carbons (Fsp3) is 0.333. The number of hydrogen-bond donors (Lipinski definition) is 1. The molecule has 3 aromatic rings. The summed E-state index contributed by atoms with van der Waals surface area (Å²) in [5.41, 5.74) is 1.15. The number of imidazole rings is 1. The Bertz CT molecular complexity index is 1010. The first kappa shape index (κ1) is 18.1. The number of rotatable bonds is 5. The Balaban J connectivity index is 1.41. The quantitative estimate of drug-likeness (QED) is 0.707. The molecule has 3 aromatic heterocycles. The first-order valence-electron chi connectivity index (χ1n) is 8.79. The zero-order valence-electron chi connectivity index (χ0n) is 14.6. The minimum absolute atomic E-state index is 0.0921. The zero-order chi connectivity index (χ0) is 18.9. The second-order valence-corrected chi connectivity index (χ2v) is 9.58. The van der Waals surface area contributed by atoms with Gasteiger partial charge in [-0.2, -0.15) is 0 Å². The Hall–Kier alpha value is -2.23. The number of nitrogens with one attached hydrogen (secondary N) is 1. The summed E-state index contributed by atoms with van der Waals surface area (Å²) in [4.78, 5) is 19.0. The van der Waals surface area contributed by atoms with Crippen LogP contribution in [-0.2, 0) is 10.0 Å². The van der Waals surface area contributed by atoms with Gasteiger partial charge in [0.15, 0.2) is 0 Å². The van der Waals surface area contributed by atoms with Crippen LogP contribution in [0.3, 0.4) is 0 Å². The standard InChI is InChI=1S/C18H20N4O3S2/c23-18(15-13-21-8-2-1-6-16(21)20-15)22-9-3-5-14(12-22)11-19-27(24,25)17-7-4-10-26-17/h1-2,4,6-8,10,13-14,19H,3,5,9,11-12H2. The summed E-state index contributed by atoms with van der Waals surface area (Å²) < 4.78 is 29.4. The average molecular weight is 405 g/mol. The van der Waals surface area contributed by atoms with Gasteiger partial charge in [0.2, 0.25) is 10.0 Å². The van der Waals surface area contributed by atoms with Crippen LogP contribution >= 0.6 is 11.3 Å². The number of fused-ring (bicyclic) bond motifs is 1. The van der Waals surface area contributed by atoms with Gasteiger partial charge in [-0.05, 0) is 42.3 Å². The van der Waals surface area contributed by atoms with Crippen LogP contribution in [0.5, 0.6) is 0 Å². The molecule has 1 aliphatic heterocycles. The fourth-order valence-electron chi connectivity index (χ4n) is 3.33. The third-order valence-corrected chi connectivity index (χ3v) is 7.53. The molecular weight excluding hydrogens is 384 g/mol. The number of likely N-dealkylation sites (tertiary alicyclic amines) is 1. The number of carbonyl (C=O) groups is 1. The second kappa shape index (κ2) is 7.41. The highest BCUT2D eigenvalue weighted by Gasteiger charge is 2.27. The van der Waals surface area contributed by atoms with Gasteiger partial charge in [0.25, 0.3) is 5.91 Å². The number of pyridine rings is 1. The number of nitrogens with zero attached hydrogens (tertiary/aromatic N) is 3. The Morgan fingerprint density at radius 3 is 2.96 bits per heavy atom. The summed E-state index contributed by atoms with van der Waals surface area (Å²) in [7, 11) is -3.47. The number of thiophene rings is 1. The van der Waals surface area contributed by atoms with E-state index in [1.54, 1.807) is 28.6 Å². The van der Waals surface area contributed by atoms with Crippen LogP contribution in [-0.4, -0.2) is 48.2 Å². The fourth-order valence-corrected chi connectivity index (χ4v) is 5.48. The molecule has 0 bridgehead atoms. The van der Waals surface area contributed by atoms with Crippen molar-refractivity contribution in [1.29, 1.82) is 0 Å². The molecule has 27 heavy (non-hydrogen) atoms. The molecule has 1 saturated heterocycles. The largest absolute Gasteiger partial charge is 0.337 e. The lowest BCUT2D eigenvalue weighted by Crippen LogP contribution is -2.43. The molecule has 4 heterocycles. The second-order valence-electron chi connectivity index (χ2n) is 6.64. The van der Waals surface area contributed by atoms with Gasteiger partial charge < -0.3 is 9.30 Å². The van der Waals surface area contributed by atoms with Crippen molar-refractivity contribution in [2.24, 2.45) is 5.92 Å². The van der Waals surface area contributed by atoms with E-state index in [0.717, 1.165) is 18.5 Å².